The van der Waals surface area contributed by atoms with Crippen LogP contribution < -0.4 is 5.32 Å². The van der Waals surface area contributed by atoms with E-state index in [0.29, 0.717) is 19.7 Å². The lowest BCUT2D eigenvalue weighted by molar-refractivity contribution is -0.134. The summed E-state index contributed by atoms with van der Waals surface area (Å²) in [5.74, 6) is 0.385. The summed E-state index contributed by atoms with van der Waals surface area (Å²) in [6, 6.07) is 2.13. The Morgan fingerprint density at radius 2 is 2.12 bits per heavy atom. The summed E-state index contributed by atoms with van der Waals surface area (Å²) in [6.07, 6.45) is 2.62. The highest BCUT2D eigenvalue weighted by Crippen LogP contribution is 2.24. The molecule has 25 heavy (non-hydrogen) atoms. The van der Waals surface area contributed by atoms with Crippen molar-refractivity contribution in [3.63, 3.8) is 0 Å². The van der Waals surface area contributed by atoms with Crippen LogP contribution in [0.5, 0.6) is 0 Å². The number of methoxy groups -OCH3 is 1. The van der Waals surface area contributed by atoms with E-state index in [1.54, 1.807) is 18.4 Å². The Labute approximate surface area is 153 Å². The number of carbonyl (C=O) groups excluding carboxylic acids is 2. The maximum absolute atomic E-state index is 12.6. The standard InChI is InChI=1S/C18H27N3O3S/c1-24-10-6-19-18(23)14-2-7-20(8-3-14)13-17(22)21-9-4-16-15(12-21)5-11-25-16/h5,11,14H,2-4,6-10,12-13H2,1H3,(H,19,23). The Hall–Kier alpha value is -1.44. The van der Waals surface area contributed by atoms with Gasteiger partial charge in [0.1, 0.15) is 0 Å². The number of fused-ring (bicyclic) bond motifs is 1. The topological polar surface area (TPSA) is 61.9 Å². The molecule has 0 aromatic carbocycles. The average Bonchev–Trinajstić information content (AvgIpc) is 3.10. The van der Waals surface area contributed by atoms with Crippen LogP contribution in [0.25, 0.3) is 0 Å². The molecule has 1 aromatic heterocycles. The van der Waals surface area contributed by atoms with Crippen LogP contribution in [0.4, 0.5) is 0 Å². The van der Waals surface area contributed by atoms with Crippen molar-refractivity contribution in [1.82, 2.24) is 15.1 Å². The zero-order valence-electron chi connectivity index (χ0n) is 14.8. The highest BCUT2D eigenvalue weighted by Gasteiger charge is 2.28. The number of nitrogens with zero attached hydrogens (tertiary/aromatic N) is 2. The van der Waals surface area contributed by atoms with Crippen LogP contribution in [0, 0.1) is 5.92 Å². The Morgan fingerprint density at radius 3 is 2.88 bits per heavy atom. The van der Waals surface area contributed by atoms with E-state index in [9.17, 15) is 9.59 Å². The van der Waals surface area contributed by atoms with Crippen LogP contribution in [-0.2, 0) is 27.3 Å². The summed E-state index contributed by atoms with van der Waals surface area (Å²) in [5, 5.41) is 5.02. The molecule has 3 heterocycles. The number of hydrogen-bond donors (Lipinski definition) is 1. The number of piperidine rings is 1. The minimum absolute atomic E-state index is 0.0616. The monoisotopic (exact) mass is 365 g/mol. The predicted molar refractivity (Wildman–Crippen MR) is 97.5 cm³/mol. The minimum atomic E-state index is 0.0616. The fourth-order valence-corrected chi connectivity index (χ4v) is 4.42. The van der Waals surface area contributed by atoms with Gasteiger partial charge in [0.05, 0.1) is 13.2 Å². The summed E-state index contributed by atoms with van der Waals surface area (Å²) < 4.78 is 4.95. The second-order valence-corrected chi connectivity index (χ2v) is 7.77. The molecule has 0 saturated carbocycles. The van der Waals surface area contributed by atoms with Crippen molar-refractivity contribution in [2.45, 2.75) is 25.8 Å². The molecule has 2 aliphatic heterocycles. The number of amides is 2. The first-order chi connectivity index (χ1) is 12.2. The molecule has 0 atom stereocenters. The summed E-state index contributed by atoms with van der Waals surface area (Å²) in [7, 11) is 1.63. The second kappa shape index (κ2) is 8.78. The Kier molecular flexibility index (Phi) is 6.45. The van der Waals surface area contributed by atoms with E-state index in [1.807, 2.05) is 4.90 Å². The van der Waals surface area contributed by atoms with E-state index >= 15 is 0 Å². The van der Waals surface area contributed by atoms with Crippen LogP contribution in [0.1, 0.15) is 23.3 Å². The lowest BCUT2D eigenvalue weighted by Gasteiger charge is -2.33. The SMILES string of the molecule is COCCNC(=O)C1CCN(CC(=O)N2CCc3sccc3C2)CC1. The summed E-state index contributed by atoms with van der Waals surface area (Å²) in [4.78, 5) is 30.2. The van der Waals surface area contributed by atoms with E-state index in [4.69, 9.17) is 4.74 Å². The zero-order chi connectivity index (χ0) is 17.6. The first kappa shape index (κ1) is 18.4. The summed E-state index contributed by atoms with van der Waals surface area (Å²) >= 11 is 1.79. The van der Waals surface area contributed by atoms with Crippen molar-refractivity contribution < 1.29 is 14.3 Å². The number of likely N-dealkylation sites (tertiary alicyclic amines) is 1. The van der Waals surface area contributed by atoms with Gasteiger partial charge in [-0.1, -0.05) is 0 Å². The van der Waals surface area contributed by atoms with Crippen molar-refractivity contribution in [1.29, 1.82) is 0 Å². The van der Waals surface area contributed by atoms with Crippen LogP contribution in [0.15, 0.2) is 11.4 Å². The minimum Gasteiger partial charge on any atom is -0.383 e. The molecule has 2 amide bonds. The molecule has 0 bridgehead atoms. The van der Waals surface area contributed by atoms with Crippen LogP contribution in [0.3, 0.4) is 0 Å². The largest absolute Gasteiger partial charge is 0.383 e. The third kappa shape index (κ3) is 4.80. The number of rotatable bonds is 6. The average molecular weight is 365 g/mol. The predicted octanol–water partition coefficient (Wildman–Crippen LogP) is 1.11. The number of thiophene rings is 1. The molecule has 0 aliphatic carbocycles. The Morgan fingerprint density at radius 1 is 1.32 bits per heavy atom. The van der Waals surface area contributed by atoms with E-state index in [1.165, 1.54) is 10.4 Å². The highest BCUT2D eigenvalue weighted by molar-refractivity contribution is 7.10. The molecule has 2 aliphatic rings. The number of carbonyl (C=O) groups is 2. The highest BCUT2D eigenvalue weighted by atomic mass is 32.1. The number of ether oxygens (including phenoxy) is 1. The van der Waals surface area contributed by atoms with E-state index in [-0.39, 0.29) is 17.7 Å². The van der Waals surface area contributed by atoms with Gasteiger partial charge in [0.15, 0.2) is 0 Å². The van der Waals surface area contributed by atoms with E-state index in [0.717, 1.165) is 45.4 Å². The quantitative estimate of drug-likeness (QED) is 0.767. The van der Waals surface area contributed by atoms with Crippen LogP contribution >= 0.6 is 11.3 Å². The van der Waals surface area contributed by atoms with Gasteiger partial charge in [0.2, 0.25) is 11.8 Å². The second-order valence-electron chi connectivity index (χ2n) is 6.77. The lowest BCUT2D eigenvalue weighted by atomic mass is 9.96. The third-order valence-electron chi connectivity index (χ3n) is 5.08. The molecule has 7 heteroatoms. The molecule has 6 nitrogen and oxygen atoms in total. The van der Waals surface area contributed by atoms with Gasteiger partial charge in [-0.3, -0.25) is 14.5 Å². The lowest BCUT2D eigenvalue weighted by Crippen LogP contribution is -2.46. The molecule has 0 spiro atoms. The normalized spacial score (nSPS) is 18.8. The molecule has 1 fully saturated rings. The van der Waals surface area contributed by atoms with Crippen LogP contribution in [-0.4, -0.2) is 68.1 Å². The first-order valence-corrected chi connectivity index (χ1v) is 9.87. The Balaban J connectivity index is 1.40. The number of hydrogen-bond acceptors (Lipinski definition) is 5. The fraction of sp³-hybridized carbons (Fsp3) is 0.667. The Bertz CT molecular complexity index is 596. The number of nitrogens with one attached hydrogen (secondary N) is 1. The van der Waals surface area contributed by atoms with Gasteiger partial charge in [-0.25, -0.2) is 0 Å². The fourth-order valence-electron chi connectivity index (χ4n) is 3.53. The summed E-state index contributed by atoms with van der Waals surface area (Å²) in [5.41, 5.74) is 1.30. The van der Waals surface area contributed by atoms with Gasteiger partial charge in [-0.15, -0.1) is 11.3 Å². The molecule has 1 saturated heterocycles. The molecular weight excluding hydrogens is 338 g/mol. The zero-order valence-corrected chi connectivity index (χ0v) is 15.6. The van der Waals surface area contributed by atoms with Gasteiger partial charge in [0, 0.05) is 37.5 Å². The molecule has 3 rings (SSSR count). The van der Waals surface area contributed by atoms with E-state index in [2.05, 4.69) is 21.7 Å². The third-order valence-corrected chi connectivity index (χ3v) is 6.11. The molecule has 1 aromatic rings. The van der Waals surface area contributed by atoms with Gasteiger partial charge < -0.3 is 15.0 Å². The molecule has 0 unspecified atom stereocenters. The van der Waals surface area contributed by atoms with Gasteiger partial charge in [0.25, 0.3) is 0 Å². The summed E-state index contributed by atoms with van der Waals surface area (Å²) in [6.45, 7) is 4.77. The van der Waals surface area contributed by atoms with E-state index < -0.39 is 0 Å². The maximum Gasteiger partial charge on any atom is 0.237 e. The molecule has 138 valence electrons. The molecule has 1 N–H and O–H groups in total. The van der Waals surface area contributed by atoms with Gasteiger partial charge in [-0.05, 0) is 49.4 Å². The van der Waals surface area contributed by atoms with Crippen molar-refractivity contribution >= 4 is 23.2 Å². The van der Waals surface area contributed by atoms with Crippen molar-refractivity contribution in [2.75, 3.05) is 46.4 Å². The molecule has 0 radical (unpaired) electrons. The smallest absolute Gasteiger partial charge is 0.237 e. The van der Waals surface area contributed by atoms with Crippen molar-refractivity contribution in [2.24, 2.45) is 5.92 Å². The van der Waals surface area contributed by atoms with Gasteiger partial charge in [-0.2, -0.15) is 0 Å². The van der Waals surface area contributed by atoms with Gasteiger partial charge >= 0.3 is 0 Å². The first-order valence-electron chi connectivity index (χ1n) is 8.99. The maximum atomic E-state index is 12.6. The molecular formula is C18H27N3O3S. The van der Waals surface area contributed by atoms with Crippen LogP contribution in [0.2, 0.25) is 0 Å². The van der Waals surface area contributed by atoms with Crippen molar-refractivity contribution in [3.05, 3.63) is 21.9 Å². The van der Waals surface area contributed by atoms with Crippen molar-refractivity contribution in [3.8, 4) is 0 Å².